The van der Waals surface area contributed by atoms with Gasteiger partial charge in [0.2, 0.25) is 5.91 Å². The third-order valence-electron chi connectivity index (χ3n) is 2.96. The number of carbonyl (C=O) groups excluding carboxylic acids is 1. The molecule has 0 unspecified atom stereocenters. The monoisotopic (exact) mass is 349 g/mol. The molecule has 0 aliphatic heterocycles. The van der Waals surface area contributed by atoms with Crippen molar-refractivity contribution in [3.8, 4) is 11.5 Å². The van der Waals surface area contributed by atoms with Crippen LogP contribution in [0.1, 0.15) is 5.56 Å². The average molecular weight is 350 g/mol. The Morgan fingerprint density at radius 2 is 1.81 bits per heavy atom. The Kier molecular flexibility index (Phi) is 5.22. The third kappa shape index (κ3) is 4.23. The topological polar surface area (TPSA) is 47.6 Å². The molecule has 1 amide bonds. The SMILES string of the molecule is COc1ccc(NC(=O)Cc2ccc(Br)cc2)c(OC)c1. The lowest BCUT2D eigenvalue weighted by molar-refractivity contribution is -0.115. The standard InChI is InChI=1S/C16H16BrNO3/c1-20-13-7-8-14(15(10-13)21-2)18-16(19)9-11-3-5-12(17)6-4-11/h3-8,10H,9H2,1-2H3,(H,18,19). The molecule has 0 bridgehead atoms. The Bertz CT molecular complexity index is 626. The van der Waals surface area contributed by atoms with Crippen molar-refractivity contribution in [3.05, 3.63) is 52.5 Å². The second-order valence-corrected chi connectivity index (χ2v) is 5.33. The van der Waals surface area contributed by atoms with Crippen LogP contribution in [0.2, 0.25) is 0 Å². The fourth-order valence-electron chi connectivity index (χ4n) is 1.88. The van der Waals surface area contributed by atoms with Crippen LogP contribution in [-0.4, -0.2) is 20.1 Å². The van der Waals surface area contributed by atoms with Crippen LogP contribution in [0.4, 0.5) is 5.69 Å². The van der Waals surface area contributed by atoms with E-state index in [2.05, 4.69) is 21.2 Å². The summed E-state index contributed by atoms with van der Waals surface area (Å²) in [5, 5.41) is 2.84. The van der Waals surface area contributed by atoms with Crippen LogP contribution < -0.4 is 14.8 Å². The number of ether oxygens (including phenoxy) is 2. The van der Waals surface area contributed by atoms with Crippen molar-refractivity contribution in [3.63, 3.8) is 0 Å². The molecule has 0 atom stereocenters. The van der Waals surface area contributed by atoms with Gasteiger partial charge in [-0.1, -0.05) is 28.1 Å². The molecule has 110 valence electrons. The number of hydrogen-bond acceptors (Lipinski definition) is 3. The van der Waals surface area contributed by atoms with Crippen molar-refractivity contribution in [1.82, 2.24) is 0 Å². The molecule has 0 fully saturated rings. The molecule has 0 aliphatic rings. The molecule has 0 spiro atoms. The van der Waals surface area contributed by atoms with E-state index in [1.54, 1.807) is 32.4 Å². The number of nitrogens with one attached hydrogen (secondary N) is 1. The first kappa shape index (κ1) is 15.4. The molecule has 2 rings (SSSR count). The second-order valence-electron chi connectivity index (χ2n) is 4.42. The summed E-state index contributed by atoms with van der Waals surface area (Å²) >= 11 is 3.37. The van der Waals surface area contributed by atoms with Crippen molar-refractivity contribution in [1.29, 1.82) is 0 Å². The van der Waals surface area contributed by atoms with Gasteiger partial charge in [0, 0.05) is 10.5 Å². The highest BCUT2D eigenvalue weighted by Gasteiger charge is 2.09. The predicted molar refractivity (Wildman–Crippen MR) is 86.0 cm³/mol. The summed E-state index contributed by atoms with van der Waals surface area (Å²) in [6, 6.07) is 12.9. The first-order valence-electron chi connectivity index (χ1n) is 6.38. The summed E-state index contributed by atoms with van der Waals surface area (Å²) in [7, 11) is 3.14. The first-order chi connectivity index (χ1) is 10.1. The van der Waals surface area contributed by atoms with Crippen molar-refractivity contribution >= 4 is 27.5 Å². The third-order valence-corrected chi connectivity index (χ3v) is 3.49. The van der Waals surface area contributed by atoms with E-state index in [0.29, 0.717) is 23.6 Å². The van der Waals surface area contributed by atoms with E-state index in [0.717, 1.165) is 10.0 Å². The minimum absolute atomic E-state index is 0.0965. The number of anilines is 1. The van der Waals surface area contributed by atoms with Crippen LogP contribution in [0, 0.1) is 0 Å². The minimum Gasteiger partial charge on any atom is -0.497 e. The van der Waals surface area contributed by atoms with Crippen molar-refractivity contribution in [2.24, 2.45) is 0 Å². The molecule has 0 saturated heterocycles. The van der Waals surface area contributed by atoms with Gasteiger partial charge in [-0.15, -0.1) is 0 Å². The van der Waals surface area contributed by atoms with Gasteiger partial charge < -0.3 is 14.8 Å². The lowest BCUT2D eigenvalue weighted by Gasteiger charge is -2.11. The molecule has 4 nitrogen and oxygen atoms in total. The smallest absolute Gasteiger partial charge is 0.228 e. The highest BCUT2D eigenvalue weighted by atomic mass is 79.9. The number of carbonyl (C=O) groups is 1. The Morgan fingerprint density at radius 3 is 2.43 bits per heavy atom. The zero-order valence-corrected chi connectivity index (χ0v) is 13.4. The molecule has 0 aromatic heterocycles. The van der Waals surface area contributed by atoms with Crippen molar-refractivity contribution < 1.29 is 14.3 Å². The Morgan fingerprint density at radius 1 is 1.10 bits per heavy atom. The van der Waals surface area contributed by atoms with Gasteiger partial charge in [-0.3, -0.25) is 4.79 Å². The van der Waals surface area contributed by atoms with Gasteiger partial charge in [0.05, 0.1) is 26.3 Å². The van der Waals surface area contributed by atoms with E-state index >= 15 is 0 Å². The zero-order valence-electron chi connectivity index (χ0n) is 11.9. The highest BCUT2D eigenvalue weighted by Crippen LogP contribution is 2.29. The van der Waals surface area contributed by atoms with Crippen LogP contribution in [0.5, 0.6) is 11.5 Å². The summed E-state index contributed by atoms with van der Waals surface area (Å²) in [5.41, 5.74) is 1.57. The summed E-state index contributed by atoms with van der Waals surface area (Å²) in [6.07, 6.45) is 0.308. The van der Waals surface area contributed by atoms with Gasteiger partial charge in [0.25, 0.3) is 0 Å². The predicted octanol–water partition coefficient (Wildman–Crippen LogP) is 3.65. The first-order valence-corrected chi connectivity index (χ1v) is 7.18. The normalized spacial score (nSPS) is 10.0. The fourth-order valence-corrected chi connectivity index (χ4v) is 2.15. The van der Waals surface area contributed by atoms with Crippen LogP contribution in [0.25, 0.3) is 0 Å². The molecule has 5 heteroatoms. The van der Waals surface area contributed by atoms with Gasteiger partial charge in [0.15, 0.2) is 0 Å². The summed E-state index contributed by atoms with van der Waals surface area (Å²) in [4.78, 5) is 12.1. The van der Waals surface area contributed by atoms with Crippen molar-refractivity contribution in [2.45, 2.75) is 6.42 Å². The second kappa shape index (κ2) is 7.13. The molecule has 2 aromatic rings. The molecule has 0 saturated carbocycles. The van der Waals surface area contributed by atoms with E-state index in [9.17, 15) is 4.79 Å². The van der Waals surface area contributed by atoms with E-state index in [1.165, 1.54) is 0 Å². The maximum absolute atomic E-state index is 12.1. The number of halogens is 1. The van der Waals surface area contributed by atoms with Crippen LogP contribution in [0.3, 0.4) is 0 Å². The number of amides is 1. The molecular weight excluding hydrogens is 334 g/mol. The molecular formula is C16H16BrNO3. The number of benzene rings is 2. The Balaban J connectivity index is 2.07. The molecule has 2 aromatic carbocycles. The van der Waals surface area contributed by atoms with Gasteiger partial charge in [0.1, 0.15) is 11.5 Å². The number of rotatable bonds is 5. The van der Waals surface area contributed by atoms with Crippen LogP contribution in [0.15, 0.2) is 46.9 Å². The van der Waals surface area contributed by atoms with Crippen LogP contribution >= 0.6 is 15.9 Å². The van der Waals surface area contributed by atoms with E-state index in [-0.39, 0.29) is 5.91 Å². The maximum Gasteiger partial charge on any atom is 0.228 e. The largest absolute Gasteiger partial charge is 0.497 e. The summed E-state index contributed by atoms with van der Waals surface area (Å²) in [6.45, 7) is 0. The van der Waals surface area contributed by atoms with Gasteiger partial charge in [-0.2, -0.15) is 0 Å². The quantitative estimate of drug-likeness (QED) is 0.896. The zero-order chi connectivity index (χ0) is 15.2. The maximum atomic E-state index is 12.1. The highest BCUT2D eigenvalue weighted by molar-refractivity contribution is 9.10. The molecule has 21 heavy (non-hydrogen) atoms. The van der Waals surface area contributed by atoms with Gasteiger partial charge in [-0.05, 0) is 29.8 Å². The number of hydrogen-bond donors (Lipinski definition) is 1. The molecule has 0 aliphatic carbocycles. The van der Waals surface area contributed by atoms with E-state index in [1.807, 2.05) is 24.3 Å². The van der Waals surface area contributed by atoms with Gasteiger partial charge in [-0.25, -0.2) is 0 Å². The van der Waals surface area contributed by atoms with E-state index in [4.69, 9.17) is 9.47 Å². The minimum atomic E-state index is -0.0965. The molecule has 0 heterocycles. The fraction of sp³-hybridized carbons (Fsp3) is 0.188. The lowest BCUT2D eigenvalue weighted by atomic mass is 10.1. The Labute approximate surface area is 132 Å². The summed E-state index contributed by atoms with van der Waals surface area (Å²) < 4.78 is 11.4. The molecule has 0 radical (unpaired) electrons. The average Bonchev–Trinajstić information content (AvgIpc) is 2.50. The van der Waals surface area contributed by atoms with Crippen molar-refractivity contribution in [2.75, 3.05) is 19.5 Å². The number of methoxy groups -OCH3 is 2. The summed E-state index contributed by atoms with van der Waals surface area (Å²) in [5.74, 6) is 1.15. The van der Waals surface area contributed by atoms with E-state index < -0.39 is 0 Å². The van der Waals surface area contributed by atoms with Gasteiger partial charge >= 0.3 is 0 Å². The van der Waals surface area contributed by atoms with Crippen LogP contribution in [-0.2, 0) is 11.2 Å². The Hall–Kier alpha value is -2.01. The molecule has 1 N–H and O–H groups in total. The lowest BCUT2D eigenvalue weighted by Crippen LogP contribution is -2.15.